The number of hydrogen-bond donors (Lipinski definition) is 2. The van der Waals surface area contributed by atoms with Crippen molar-refractivity contribution in [3.8, 4) is 0 Å². The van der Waals surface area contributed by atoms with Gasteiger partial charge < -0.3 is 14.8 Å². The molecule has 1 saturated heterocycles. The Hall–Kier alpha value is -2.74. The highest BCUT2D eigenvalue weighted by molar-refractivity contribution is 5.89. The van der Waals surface area contributed by atoms with E-state index >= 15 is 0 Å². The van der Waals surface area contributed by atoms with Gasteiger partial charge in [-0.05, 0) is 44.0 Å². The first-order valence-electron chi connectivity index (χ1n) is 8.39. The van der Waals surface area contributed by atoms with Gasteiger partial charge in [0.25, 0.3) is 0 Å². The third-order valence-electron chi connectivity index (χ3n) is 4.57. The average Bonchev–Trinajstić information content (AvgIpc) is 3.32. The van der Waals surface area contributed by atoms with Gasteiger partial charge in [0.15, 0.2) is 5.82 Å². The normalized spacial score (nSPS) is 18.1. The van der Waals surface area contributed by atoms with E-state index in [1.54, 1.807) is 0 Å². The Morgan fingerprint density at radius 2 is 2.32 bits per heavy atom. The number of rotatable bonds is 4. The lowest BCUT2D eigenvalue weighted by atomic mass is 10.2. The van der Waals surface area contributed by atoms with Crippen LogP contribution >= 0.6 is 0 Å². The predicted molar refractivity (Wildman–Crippen MR) is 90.9 cm³/mol. The molecule has 1 aliphatic heterocycles. The minimum atomic E-state index is -0.371. The quantitative estimate of drug-likeness (QED) is 0.753. The van der Waals surface area contributed by atoms with Crippen molar-refractivity contribution in [2.75, 3.05) is 13.6 Å². The van der Waals surface area contributed by atoms with Crippen molar-refractivity contribution in [3.63, 3.8) is 0 Å². The van der Waals surface area contributed by atoms with Crippen LogP contribution in [0.5, 0.6) is 0 Å². The number of H-pyrrole nitrogens is 1. The molecular formula is C17H20N6O2. The Labute approximate surface area is 144 Å². The van der Waals surface area contributed by atoms with Gasteiger partial charge in [0.1, 0.15) is 5.82 Å². The van der Waals surface area contributed by atoms with E-state index in [-0.39, 0.29) is 17.8 Å². The minimum Gasteiger partial charge on any atom is -0.351 e. The number of carbonyl (C=O) groups is 1. The number of likely N-dealkylation sites (tertiary alicyclic amines) is 1. The zero-order valence-corrected chi connectivity index (χ0v) is 14.2. The summed E-state index contributed by atoms with van der Waals surface area (Å²) in [5.41, 5.74) is 3.25. The summed E-state index contributed by atoms with van der Waals surface area (Å²) in [5.74, 6) is 1.10. The standard InChI is InChI=1S/C17H20N6O2/c1-10-5-6-11-12(8-10)20-15(19-11)13-4-3-7-23(13)9-14-21-17(25-22-14)16(24)18-2/h5-6,8,13H,3-4,7,9H2,1-2H3,(H,18,24)(H,19,20). The van der Waals surface area contributed by atoms with Gasteiger partial charge >= 0.3 is 11.8 Å². The first-order chi connectivity index (χ1) is 12.1. The molecule has 8 heteroatoms. The van der Waals surface area contributed by atoms with Gasteiger partial charge in [-0.25, -0.2) is 4.98 Å². The molecule has 0 bridgehead atoms. The zero-order valence-electron chi connectivity index (χ0n) is 14.2. The maximum absolute atomic E-state index is 11.5. The van der Waals surface area contributed by atoms with Crippen molar-refractivity contribution in [1.82, 2.24) is 30.3 Å². The van der Waals surface area contributed by atoms with Crippen LogP contribution < -0.4 is 5.32 Å². The number of fused-ring (bicyclic) bond motifs is 1. The number of nitrogens with zero attached hydrogens (tertiary/aromatic N) is 4. The van der Waals surface area contributed by atoms with E-state index in [2.05, 4.69) is 44.4 Å². The first-order valence-corrected chi connectivity index (χ1v) is 8.39. The number of aromatic amines is 1. The number of aromatic nitrogens is 4. The van der Waals surface area contributed by atoms with Crippen LogP contribution in [0.25, 0.3) is 11.0 Å². The van der Waals surface area contributed by atoms with Gasteiger partial charge in [-0.3, -0.25) is 9.69 Å². The van der Waals surface area contributed by atoms with Crippen LogP contribution in [0.2, 0.25) is 0 Å². The van der Waals surface area contributed by atoms with Gasteiger partial charge in [0.2, 0.25) is 0 Å². The summed E-state index contributed by atoms with van der Waals surface area (Å²) in [7, 11) is 1.53. The topological polar surface area (TPSA) is 99.9 Å². The lowest BCUT2D eigenvalue weighted by Crippen LogP contribution is -2.24. The molecule has 1 aromatic carbocycles. The molecule has 25 heavy (non-hydrogen) atoms. The zero-order chi connectivity index (χ0) is 17.4. The number of hydrogen-bond acceptors (Lipinski definition) is 6. The third kappa shape index (κ3) is 3.00. The molecule has 130 valence electrons. The molecule has 0 aliphatic carbocycles. The van der Waals surface area contributed by atoms with E-state index in [9.17, 15) is 4.79 Å². The summed E-state index contributed by atoms with van der Waals surface area (Å²) in [4.78, 5) is 26.2. The Balaban J connectivity index is 1.55. The number of benzene rings is 1. The maximum Gasteiger partial charge on any atom is 0.315 e. The van der Waals surface area contributed by atoms with Crippen molar-refractivity contribution >= 4 is 16.9 Å². The molecule has 1 unspecified atom stereocenters. The highest BCUT2D eigenvalue weighted by atomic mass is 16.5. The van der Waals surface area contributed by atoms with E-state index in [0.717, 1.165) is 36.2 Å². The molecule has 0 saturated carbocycles. The van der Waals surface area contributed by atoms with Crippen molar-refractivity contribution < 1.29 is 9.32 Å². The number of nitrogens with one attached hydrogen (secondary N) is 2. The van der Waals surface area contributed by atoms with Crippen LogP contribution in [0.15, 0.2) is 22.7 Å². The van der Waals surface area contributed by atoms with Gasteiger partial charge in [0.05, 0.1) is 23.6 Å². The van der Waals surface area contributed by atoms with E-state index in [1.165, 1.54) is 12.6 Å². The molecule has 1 aliphatic rings. The fourth-order valence-corrected chi connectivity index (χ4v) is 3.33. The van der Waals surface area contributed by atoms with Crippen molar-refractivity contribution in [2.45, 2.75) is 32.4 Å². The molecule has 1 atom stereocenters. The Bertz CT molecular complexity index is 915. The fourth-order valence-electron chi connectivity index (χ4n) is 3.33. The summed E-state index contributed by atoms with van der Waals surface area (Å²) in [6, 6.07) is 6.41. The number of carbonyl (C=O) groups excluding carboxylic acids is 1. The molecule has 2 aromatic heterocycles. The Morgan fingerprint density at radius 1 is 1.44 bits per heavy atom. The molecule has 2 N–H and O–H groups in total. The molecular weight excluding hydrogens is 320 g/mol. The second kappa shape index (κ2) is 6.29. The van der Waals surface area contributed by atoms with Gasteiger partial charge in [-0.15, -0.1) is 0 Å². The molecule has 4 rings (SSSR count). The largest absolute Gasteiger partial charge is 0.351 e. The van der Waals surface area contributed by atoms with Crippen LogP contribution in [-0.4, -0.2) is 44.5 Å². The summed E-state index contributed by atoms with van der Waals surface area (Å²) in [6.45, 7) is 3.54. The predicted octanol–water partition coefficient (Wildman–Crippen LogP) is 1.95. The molecule has 3 heterocycles. The van der Waals surface area contributed by atoms with Crippen LogP contribution in [-0.2, 0) is 6.54 Å². The van der Waals surface area contributed by atoms with Crippen molar-refractivity contribution in [3.05, 3.63) is 41.3 Å². The number of aryl methyl sites for hydroxylation is 1. The summed E-state index contributed by atoms with van der Waals surface area (Å²) >= 11 is 0. The molecule has 0 radical (unpaired) electrons. The van der Waals surface area contributed by atoms with Crippen molar-refractivity contribution in [2.24, 2.45) is 0 Å². The van der Waals surface area contributed by atoms with Crippen LogP contribution in [0.3, 0.4) is 0 Å². The Morgan fingerprint density at radius 3 is 3.16 bits per heavy atom. The third-order valence-corrected chi connectivity index (χ3v) is 4.57. The van der Waals surface area contributed by atoms with Crippen LogP contribution in [0, 0.1) is 6.92 Å². The van der Waals surface area contributed by atoms with E-state index in [0.29, 0.717) is 12.4 Å². The highest BCUT2D eigenvalue weighted by Gasteiger charge is 2.30. The summed E-state index contributed by atoms with van der Waals surface area (Å²) in [5, 5.41) is 6.39. The highest BCUT2D eigenvalue weighted by Crippen LogP contribution is 2.32. The second-order valence-electron chi connectivity index (χ2n) is 6.37. The van der Waals surface area contributed by atoms with Gasteiger partial charge in [0, 0.05) is 7.05 Å². The minimum absolute atomic E-state index is 0.00698. The number of imidazole rings is 1. The summed E-state index contributed by atoms with van der Waals surface area (Å²) in [6.07, 6.45) is 2.11. The lowest BCUT2D eigenvalue weighted by molar-refractivity contribution is 0.0919. The van der Waals surface area contributed by atoms with Crippen LogP contribution in [0.4, 0.5) is 0 Å². The van der Waals surface area contributed by atoms with E-state index in [1.807, 2.05) is 6.07 Å². The smallest absolute Gasteiger partial charge is 0.315 e. The summed E-state index contributed by atoms with van der Waals surface area (Å²) < 4.78 is 5.01. The maximum atomic E-state index is 11.5. The fraction of sp³-hybridized carbons (Fsp3) is 0.412. The average molecular weight is 340 g/mol. The molecule has 1 amide bonds. The number of amides is 1. The first kappa shape index (κ1) is 15.8. The van der Waals surface area contributed by atoms with Crippen molar-refractivity contribution in [1.29, 1.82) is 0 Å². The second-order valence-corrected chi connectivity index (χ2v) is 6.37. The van der Waals surface area contributed by atoms with Gasteiger partial charge in [-0.1, -0.05) is 11.2 Å². The molecule has 0 spiro atoms. The monoisotopic (exact) mass is 340 g/mol. The van der Waals surface area contributed by atoms with Crippen LogP contribution in [0.1, 0.15) is 46.8 Å². The molecule has 1 fully saturated rings. The molecule has 8 nitrogen and oxygen atoms in total. The van der Waals surface area contributed by atoms with Gasteiger partial charge in [-0.2, -0.15) is 4.98 Å². The Kier molecular flexibility index (Phi) is 3.96. The molecule has 3 aromatic rings. The van der Waals surface area contributed by atoms with E-state index < -0.39 is 0 Å². The van der Waals surface area contributed by atoms with E-state index in [4.69, 9.17) is 9.51 Å². The SMILES string of the molecule is CNC(=O)c1nc(CN2CCCC2c2nc3ccc(C)cc3[nH]2)no1. The lowest BCUT2D eigenvalue weighted by Gasteiger charge is -2.20.